The molecular weight excluding hydrogens is 428 g/mol. The van der Waals surface area contributed by atoms with Crippen LogP contribution in [-0.2, 0) is 16.1 Å². The normalized spacial score (nSPS) is 26.0. The van der Waals surface area contributed by atoms with Gasteiger partial charge < -0.3 is 21.7 Å². The molecule has 4 aliphatic rings. The number of carbonyl (C=O) groups excluding carboxylic acids is 2. The Morgan fingerprint density at radius 1 is 0.882 bits per heavy atom. The van der Waals surface area contributed by atoms with Gasteiger partial charge in [0.25, 0.3) is 0 Å². The van der Waals surface area contributed by atoms with Crippen molar-refractivity contribution in [2.75, 3.05) is 23.7 Å². The lowest BCUT2D eigenvalue weighted by Gasteiger charge is -2.51. The molecule has 3 saturated carbocycles. The summed E-state index contributed by atoms with van der Waals surface area (Å²) < 4.78 is 0. The SMILES string of the molecule is NCc1ccc(NC(=O)C23CCC(C(=O)Nc4ccc(C5=CCNCC5)nn4)(CC2)CC3)cc1. The summed E-state index contributed by atoms with van der Waals surface area (Å²) in [5.41, 5.74) is 8.71. The first-order valence-corrected chi connectivity index (χ1v) is 12.2. The Bertz CT molecular complexity index is 1070. The Hall–Kier alpha value is -3.10. The van der Waals surface area contributed by atoms with Crippen molar-refractivity contribution in [2.45, 2.75) is 51.5 Å². The number of aromatic nitrogens is 2. The summed E-state index contributed by atoms with van der Waals surface area (Å²) in [5, 5.41) is 17.9. The van der Waals surface area contributed by atoms with Crippen molar-refractivity contribution in [1.82, 2.24) is 15.5 Å². The van der Waals surface area contributed by atoms with Gasteiger partial charge in [0, 0.05) is 29.6 Å². The first kappa shape index (κ1) is 22.7. The molecule has 0 unspecified atom stereocenters. The number of hydrogen-bond acceptors (Lipinski definition) is 6. The third-order valence-corrected chi connectivity index (χ3v) is 7.96. The van der Waals surface area contributed by atoms with Crippen molar-refractivity contribution in [2.24, 2.45) is 16.6 Å². The first-order valence-electron chi connectivity index (χ1n) is 12.2. The van der Waals surface area contributed by atoms with E-state index in [4.69, 9.17) is 5.73 Å². The fourth-order valence-corrected chi connectivity index (χ4v) is 5.53. The van der Waals surface area contributed by atoms with Crippen molar-refractivity contribution >= 4 is 28.9 Å². The number of nitrogens with one attached hydrogen (secondary N) is 3. The van der Waals surface area contributed by atoms with E-state index in [1.54, 1.807) is 0 Å². The summed E-state index contributed by atoms with van der Waals surface area (Å²) in [5.74, 6) is 0.552. The van der Waals surface area contributed by atoms with Gasteiger partial charge in [-0.2, -0.15) is 0 Å². The maximum absolute atomic E-state index is 13.2. The summed E-state index contributed by atoms with van der Waals surface area (Å²) >= 11 is 0. The maximum atomic E-state index is 13.2. The minimum absolute atomic E-state index is 0.00159. The van der Waals surface area contributed by atoms with Gasteiger partial charge in [-0.3, -0.25) is 9.59 Å². The van der Waals surface area contributed by atoms with Crippen molar-refractivity contribution in [3.8, 4) is 0 Å². The number of fused-ring (bicyclic) bond motifs is 3. The van der Waals surface area contributed by atoms with E-state index < -0.39 is 10.8 Å². The molecule has 0 spiro atoms. The number of amides is 2. The summed E-state index contributed by atoms with van der Waals surface area (Å²) in [7, 11) is 0. The molecule has 2 amide bonds. The van der Waals surface area contributed by atoms with Crippen LogP contribution in [0.3, 0.4) is 0 Å². The van der Waals surface area contributed by atoms with Crippen LogP contribution >= 0.6 is 0 Å². The van der Waals surface area contributed by atoms with Crippen LogP contribution in [0.2, 0.25) is 0 Å². The second kappa shape index (κ2) is 9.27. The van der Waals surface area contributed by atoms with Crippen LogP contribution in [0.15, 0.2) is 42.5 Å². The molecule has 0 saturated heterocycles. The monoisotopic (exact) mass is 460 g/mol. The van der Waals surface area contributed by atoms with E-state index in [9.17, 15) is 9.59 Å². The lowest BCUT2D eigenvalue weighted by atomic mass is 9.53. The molecule has 3 aliphatic carbocycles. The van der Waals surface area contributed by atoms with Gasteiger partial charge in [0.15, 0.2) is 5.82 Å². The minimum Gasteiger partial charge on any atom is -0.326 e. The van der Waals surface area contributed by atoms with Gasteiger partial charge >= 0.3 is 0 Å². The number of benzene rings is 1. The molecule has 1 aromatic carbocycles. The van der Waals surface area contributed by atoms with Crippen LogP contribution in [0.4, 0.5) is 11.5 Å². The zero-order chi connectivity index (χ0) is 23.6. The highest BCUT2D eigenvalue weighted by molar-refractivity contribution is 5.98. The van der Waals surface area contributed by atoms with Gasteiger partial charge in [-0.1, -0.05) is 18.2 Å². The van der Waals surface area contributed by atoms with E-state index in [2.05, 4.69) is 32.2 Å². The van der Waals surface area contributed by atoms with Crippen LogP contribution in [0, 0.1) is 10.8 Å². The van der Waals surface area contributed by atoms with Gasteiger partial charge in [0.2, 0.25) is 11.8 Å². The van der Waals surface area contributed by atoms with Crippen molar-refractivity contribution < 1.29 is 9.59 Å². The molecule has 1 aromatic heterocycles. The second-order valence-electron chi connectivity index (χ2n) is 9.86. The summed E-state index contributed by atoms with van der Waals surface area (Å²) in [6.45, 7) is 2.26. The Labute approximate surface area is 199 Å². The molecule has 8 heteroatoms. The molecule has 0 radical (unpaired) electrons. The van der Waals surface area contributed by atoms with E-state index in [-0.39, 0.29) is 11.8 Å². The van der Waals surface area contributed by atoms with Crippen LogP contribution < -0.4 is 21.7 Å². The molecular formula is C26H32N6O2. The maximum Gasteiger partial charge on any atom is 0.231 e. The van der Waals surface area contributed by atoms with Crippen LogP contribution in [0.5, 0.6) is 0 Å². The number of rotatable bonds is 6. The first-order chi connectivity index (χ1) is 16.5. The molecule has 34 heavy (non-hydrogen) atoms. The molecule has 2 aromatic rings. The molecule has 1 aliphatic heterocycles. The van der Waals surface area contributed by atoms with Crippen molar-refractivity contribution in [1.29, 1.82) is 0 Å². The molecule has 8 nitrogen and oxygen atoms in total. The van der Waals surface area contributed by atoms with E-state index in [0.29, 0.717) is 31.6 Å². The van der Waals surface area contributed by atoms with Gasteiger partial charge in [-0.15, -0.1) is 10.2 Å². The molecule has 3 fully saturated rings. The predicted molar refractivity (Wildman–Crippen MR) is 132 cm³/mol. The molecule has 2 heterocycles. The lowest BCUT2D eigenvalue weighted by molar-refractivity contribution is -0.144. The Balaban J connectivity index is 1.19. The van der Waals surface area contributed by atoms with Crippen LogP contribution in [0.25, 0.3) is 5.57 Å². The average molecular weight is 461 g/mol. The largest absolute Gasteiger partial charge is 0.326 e. The van der Waals surface area contributed by atoms with Gasteiger partial charge in [-0.25, -0.2) is 0 Å². The third-order valence-electron chi connectivity index (χ3n) is 7.96. The average Bonchev–Trinajstić information content (AvgIpc) is 2.91. The highest BCUT2D eigenvalue weighted by Crippen LogP contribution is 2.57. The number of anilines is 2. The van der Waals surface area contributed by atoms with Crippen LogP contribution in [0.1, 0.15) is 56.2 Å². The van der Waals surface area contributed by atoms with Gasteiger partial charge in [0.1, 0.15) is 0 Å². The number of carbonyl (C=O) groups is 2. The van der Waals surface area contributed by atoms with E-state index >= 15 is 0 Å². The van der Waals surface area contributed by atoms with Gasteiger partial charge in [-0.05, 0) is 86.9 Å². The lowest BCUT2D eigenvalue weighted by Crippen LogP contribution is -2.52. The number of hydrogen-bond donors (Lipinski definition) is 4. The minimum atomic E-state index is -0.428. The number of nitrogens with zero attached hydrogens (tertiary/aromatic N) is 2. The van der Waals surface area contributed by atoms with E-state index in [0.717, 1.165) is 55.7 Å². The second-order valence-corrected chi connectivity index (χ2v) is 9.86. The van der Waals surface area contributed by atoms with E-state index in [1.165, 1.54) is 5.57 Å². The Morgan fingerprint density at radius 2 is 1.53 bits per heavy atom. The molecule has 0 atom stereocenters. The molecule has 6 rings (SSSR count). The highest BCUT2D eigenvalue weighted by Gasteiger charge is 2.55. The third kappa shape index (κ3) is 4.35. The smallest absolute Gasteiger partial charge is 0.231 e. The topological polar surface area (TPSA) is 122 Å². The Kier molecular flexibility index (Phi) is 6.18. The van der Waals surface area contributed by atoms with Crippen molar-refractivity contribution in [3.05, 3.63) is 53.7 Å². The van der Waals surface area contributed by atoms with Crippen molar-refractivity contribution in [3.63, 3.8) is 0 Å². The molecule has 2 bridgehead atoms. The molecule has 178 valence electrons. The predicted octanol–water partition coefficient (Wildman–Crippen LogP) is 3.23. The Morgan fingerprint density at radius 3 is 2.06 bits per heavy atom. The van der Waals surface area contributed by atoms with Gasteiger partial charge in [0.05, 0.1) is 5.69 Å². The summed E-state index contributed by atoms with van der Waals surface area (Å²) in [6, 6.07) is 11.4. The fraction of sp³-hybridized carbons (Fsp3) is 0.462. The fourth-order valence-electron chi connectivity index (χ4n) is 5.53. The zero-order valence-electron chi connectivity index (χ0n) is 19.4. The summed E-state index contributed by atoms with van der Waals surface area (Å²) in [4.78, 5) is 26.4. The number of nitrogens with two attached hydrogens (primary N) is 1. The molecule has 5 N–H and O–H groups in total. The summed E-state index contributed by atoms with van der Waals surface area (Å²) in [6.07, 6.45) is 7.36. The van der Waals surface area contributed by atoms with Crippen LogP contribution in [-0.4, -0.2) is 35.1 Å². The standard InChI is InChI=1S/C26H32N6O2/c27-17-18-1-3-20(4-2-18)29-23(33)25-9-12-26(13-10-25,14-11-25)24(34)30-22-6-5-21(31-32-22)19-7-15-28-16-8-19/h1-7,28H,8-17,27H2,(H,29,33)(H,30,32,34). The quantitative estimate of drug-likeness (QED) is 0.525. The highest BCUT2D eigenvalue weighted by atomic mass is 16.2. The van der Waals surface area contributed by atoms with E-state index in [1.807, 2.05) is 36.4 Å². The zero-order valence-corrected chi connectivity index (χ0v) is 19.4.